The summed E-state index contributed by atoms with van der Waals surface area (Å²) >= 11 is 0. The molecule has 62 valence electrons. The molecule has 0 radical (unpaired) electrons. The quantitative estimate of drug-likeness (QED) is 0.618. The number of benzene rings is 1. The average Bonchev–Trinajstić information content (AvgIpc) is 2.84. The van der Waals surface area contributed by atoms with Gasteiger partial charge in [-0.2, -0.15) is 0 Å². The molecule has 0 heterocycles. The molecule has 0 spiro atoms. The minimum Gasteiger partial charge on any atom is -0.0780 e. The molecule has 2 rings (SSSR count). The fourth-order valence-corrected chi connectivity index (χ4v) is 1.23. The molecule has 0 bridgehead atoms. The van der Waals surface area contributed by atoms with Gasteiger partial charge in [-0.05, 0) is 23.8 Å². The summed E-state index contributed by atoms with van der Waals surface area (Å²) in [6.07, 6.45) is 7.28. The first-order valence-corrected chi connectivity index (χ1v) is 4.53. The second kappa shape index (κ2) is 2.78. The van der Waals surface area contributed by atoms with E-state index >= 15 is 0 Å². The Morgan fingerprint density at radius 3 is 2.42 bits per heavy atom. The SMILES string of the molecule is CC1(C=Cc2ccccc2)CC1. The standard InChI is InChI=1S/C12H14/c1-12(9-10-12)8-7-11-5-3-2-4-6-11/h2-8H,9-10H2,1H3. The van der Waals surface area contributed by atoms with Crippen molar-refractivity contribution in [1.29, 1.82) is 0 Å². The number of allylic oxidation sites excluding steroid dienone is 1. The minimum atomic E-state index is 0.524. The predicted molar refractivity (Wildman–Crippen MR) is 52.8 cm³/mol. The zero-order valence-corrected chi connectivity index (χ0v) is 7.46. The fourth-order valence-electron chi connectivity index (χ4n) is 1.23. The lowest BCUT2D eigenvalue weighted by molar-refractivity contribution is 0.752. The summed E-state index contributed by atoms with van der Waals surface area (Å²) in [4.78, 5) is 0. The molecule has 12 heavy (non-hydrogen) atoms. The van der Waals surface area contributed by atoms with Gasteiger partial charge in [0, 0.05) is 0 Å². The van der Waals surface area contributed by atoms with E-state index in [1.54, 1.807) is 0 Å². The van der Waals surface area contributed by atoms with Gasteiger partial charge in [-0.25, -0.2) is 0 Å². The molecule has 0 aliphatic heterocycles. The fraction of sp³-hybridized carbons (Fsp3) is 0.333. The molecule has 1 aromatic rings. The van der Waals surface area contributed by atoms with Gasteiger partial charge in [0.15, 0.2) is 0 Å². The Bertz CT molecular complexity index is 278. The molecule has 1 aliphatic carbocycles. The molecule has 0 heteroatoms. The summed E-state index contributed by atoms with van der Waals surface area (Å²) < 4.78 is 0. The first-order chi connectivity index (χ1) is 5.79. The molecule has 0 aromatic heterocycles. The number of hydrogen-bond acceptors (Lipinski definition) is 0. The molecule has 0 unspecified atom stereocenters. The van der Waals surface area contributed by atoms with Gasteiger partial charge in [-0.3, -0.25) is 0 Å². The van der Waals surface area contributed by atoms with Crippen molar-refractivity contribution in [2.24, 2.45) is 5.41 Å². The van der Waals surface area contributed by atoms with E-state index in [0.29, 0.717) is 5.41 Å². The zero-order valence-electron chi connectivity index (χ0n) is 7.46. The molecular weight excluding hydrogens is 144 g/mol. The smallest absolute Gasteiger partial charge is 0.0143 e. The summed E-state index contributed by atoms with van der Waals surface area (Å²) in [6.45, 7) is 2.31. The van der Waals surface area contributed by atoms with Crippen LogP contribution in [0, 0.1) is 5.41 Å². The highest BCUT2D eigenvalue weighted by Crippen LogP contribution is 2.46. The zero-order chi connectivity index (χ0) is 8.44. The second-order valence-corrected chi connectivity index (χ2v) is 3.90. The maximum absolute atomic E-state index is 2.34. The van der Waals surface area contributed by atoms with Crippen LogP contribution in [-0.2, 0) is 0 Å². The summed E-state index contributed by atoms with van der Waals surface area (Å²) in [7, 11) is 0. The van der Waals surface area contributed by atoms with Crippen LogP contribution in [0.25, 0.3) is 6.08 Å². The number of rotatable bonds is 2. The lowest BCUT2D eigenvalue weighted by atomic mass is 10.1. The topological polar surface area (TPSA) is 0 Å². The molecule has 0 atom stereocenters. The van der Waals surface area contributed by atoms with E-state index < -0.39 is 0 Å². The molecule has 1 saturated carbocycles. The van der Waals surface area contributed by atoms with Gasteiger partial charge >= 0.3 is 0 Å². The van der Waals surface area contributed by atoms with Gasteiger partial charge in [-0.15, -0.1) is 0 Å². The third-order valence-corrected chi connectivity index (χ3v) is 2.52. The van der Waals surface area contributed by atoms with Gasteiger partial charge in [0.2, 0.25) is 0 Å². The molecule has 0 saturated heterocycles. The molecular formula is C12H14. The van der Waals surface area contributed by atoms with E-state index in [1.165, 1.54) is 18.4 Å². The van der Waals surface area contributed by atoms with E-state index in [2.05, 4.69) is 49.4 Å². The maximum atomic E-state index is 2.34. The van der Waals surface area contributed by atoms with Crippen molar-refractivity contribution in [2.75, 3.05) is 0 Å². The van der Waals surface area contributed by atoms with Crippen molar-refractivity contribution in [3.05, 3.63) is 42.0 Å². The summed E-state index contributed by atoms with van der Waals surface area (Å²) in [6, 6.07) is 10.5. The van der Waals surface area contributed by atoms with Crippen LogP contribution in [-0.4, -0.2) is 0 Å². The second-order valence-electron chi connectivity index (χ2n) is 3.90. The molecule has 1 aromatic carbocycles. The Hall–Kier alpha value is -1.04. The minimum absolute atomic E-state index is 0.524. The van der Waals surface area contributed by atoms with Crippen molar-refractivity contribution in [3.63, 3.8) is 0 Å². The first-order valence-electron chi connectivity index (χ1n) is 4.53. The lowest BCUT2D eigenvalue weighted by Crippen LogP contribution is -1.83. The lowest BCUT2D eigenvalue weighted by Gasteiger charge is -1.97. The first kappa shape index (κ1) is 7.60. The van der Waals surface area contributed by atoms with Gasteiger partial charge in [0.1, 0.15) is 0 Å². The van der Waals surface area contributed by atoms with Crippen LogP contribution in [0.5, 0.6) is 0 Å². The van der Waals surface area contributed by atoms with Gasteiger partial charge in [0.25, 0.3) is 0 Å². The highest BCUT2D eigenvalue weighted by atomic mass is 14.4. The summed E-state index contributed by atoms with van der Waals surface area (Å²) in [5, 5.41) is 0. The van der Waals surface area contributed by atoms with Crippen LogP contribution >= 0.6 is 0 Å². The normalized spacial score (nSPS) is 19.8. The van der Waals surface area contributed by atoms with Crippen molar-refractivity contribution >= 4 is 6.08 Å². The molecule has 0 amide bonds. The monoisotopic (exact) mass is 158 g/mol. The highest BCUT2D eigenvalue weighted by Gasteiger charge is 2.33. The van der Waals surface area contributed by atoms with Crippen LogP contribution in [0.3, 0.4) is 0 Å². The molecule has 0 N–H and O–H groups in total. The number of hydrogen-bond donors (Lipinski definition) is 0. The van der Waals surface area contributed by atoms with Gasteiger partial charge < -0.3 is 0 Å². The van der Waals surface area contributed by atoms with Gasteiger partial charge in [0.05, 0.1) is 0 Å². The van der Waals surface area contributed by atoms with E-state index in [9.17, 15) is 0 Å². The third-order valence-electron chi connectivity index (χ3n) is 2.52. The van der Waals surface area contributed by atoms with Crippen LogP contribution in [0.15, 0.2) is 36.4 Å². The third kappa shape index (κ3) is 1.76. The Morgan fingerprint density at radius 2 is 1.83 bits per heavy atom. The summed E-state index contributed by atoms with van der Waals surface area (Å²) in [5.41, 5.74) is 1.83. The largest absolute Gasteiger partial charge is 0.0780 e. The van der Waals surface area contributed by atoms with Crippen molar-refractivity contribution in [2.45, 2.75) is 19.8 Å². The van der Waals surface area contributed by atoms with E-state index in [1.807, 2.05) is 0 Å². The van der Waals surface area contributed by atoms with E-state index in [0.717, 1.165) is 0 Å². The Balaban J connectivity index is 2.08. The Morgan fingerprint density at radius 1 is 1.17 bits per heavy atom. The van der Waals surface area contributed by atoms with Gasteiger partial charge in [-0.1, -0.05) is 49.4 Å². The highest BCUT2D eigenvalue weighted by molar-refractivity contribution is 5.50. The predicted octanol–water partition coefficient (Wildman–Crippen LogP) is 3.50. The van der Waals surface area contributed by atoms with Crippen LogP contribution in [0.1, 0.15) is 25.3 Å². The van der Waals surface area contributed by atoms with Crippen molar-refractivity contribution < 1.29 is 0 Å². The van der Waals surface area contributed by atoms with Crippen molar-refractivity contribution in [3.8, 4) is 0 Å². The Labute approximate surface area is 73.9 Å². The van der Waals surface area contributed by atoms with E-state index in [4.69, 9.17) is 0 Å². The van der Waals surface area contributed by atoms with Crippen LogP contribution in [0.4, 0.5) is 0 Å². The van der Waals surface area contributed by atoms with E-state index in [-0.39, 0.29) is 0 Å². The van der Waals surface area contributed by atoms with Crippen LogP contribution in [0.2, 0.25) is 0 Å². The van der Waals surface area contributed by atoms with Crippen molar-refractivity contribution in [1.82, 2.24) is 0 Å². The molecule has 1 aliphatic rings. The summed E-state index contributed by atoms with van der Waals surface area (Å²) in [5.74, 6) is 0. The average molecular weight is 158 g/mol. The van der Waals surface area contributed by atoms with Crippen LogP contribution < -0.4 is 0 Å². The Kier molecular flexibility index (Phi) is 1.76. The molecule has 1 fully saturated rings. The molecule has 0 nitrogen and oxygen atoms in total. The maximum Gasteiger partial charge on any atom is -0.0143 e.